The number of urea groups is 1. The van der Waals surface area contributed by atoms with Crippen molar-refractivity contribution in [1.82, 2.24) is 19.5 Å². The molecule has 1 spiro atoms. The van der Waals surface area contributed by atoms with Crippen LogP contribution in [0, 0.1) is 0 Å². The highest BCUT2D eigenvalue weighted by Crippen LogP contribution is 2.37. The Kier molecular flexibility index (Phi) is 8.18. The van der Waals surface area contributed by atoms with Crippen LogP contribution < -0.4 is 20.1 Å². The quantitative estimate of drug-likeness (QED) is 0.404. The molecule has 0 saturated carbocycles. The summed E-state index contributed by atoms with van der Waals surface area (Å²) in [5, 5.41) is 16.5. The molecule has 3 aliphatic rings. The lowest BCUT2D eigenvalue weighted by atomic mass is 9.84. The molecule has 0 unspecified atom stereocenters. The largest absolute Gasteiger partial charge is 0.497 e. The van der Waals surface area contributed by atoms with E-state index >= 15 is 0 Å². The van der Waals surface area contributed by atoms with Gasteiger partial charge in [0, 0.05) is 67.7 Å². The maximum absolute atomic E-state index is 13.9. The molecule has 3 N–H and O–H groups in total. The predicted molar refractivity (Wildman–Crippen MR) is 162 cm³/mol. The molecule has 2 aromatic carbocycles. The second kappa shape index (κ2) is 12.1. The minimum Gasteiger partial charge on any atom is -0.497 e. The van der Waals surface area contributed by atoms with Crippen LogP contribution in [-0.2, 0) is 14.8 Å². The SMILES string of the molecule is COc1cccc(NC(=O)N2CCC3(CCOc4cc(-c5cccnc5)ccc4S(=O)(=O)N4C[C@H](O)C[C@H]4C(=O)N3)CC2)c1. The fourth-order valence-corrected chi connectivity index (χ4v) is 7.89. The van der Waals surface area contributed by atoms with Crippen molar-refractivity contribution in [3.05, 3.63) is 67.0 Å². The first kappa shape index (κ1) is 29.9. The fourth-order valence-electron chi connectivity index (χ4n) is 6.14. The number of aliphatic hydroxyl groups is 1. The van der Waals surface area contributed by atoms with Crippen molar-refractivity contribution in [2.45, 2.75) is 48.3 Å². The summed E-state index contributed by atoms with van der Waals surface area (Å²) < 4.78 is 40.4. The van der Waals surface area contributed by atoms with Gasteiger partial charge in [-0.1, -0.05) is 18.2 Å². The number of ether oxygens (including phenoxy) is 2. The third kappa shape index (κ3) is 5.94. The first-order valence-electron chi connectivity index (χ1n) is 14.6. The van der Waals surface area contributed by atoms with Crippen molar-refractivity contribution in [1.29, 1.82) is 0 Å². The van der Waals surface area contributed by atoms with Crippen LogP contribution in [0.2, 0.25) is 0 Å². The van der Waals surface area contributed by atoms with Crippen molar-refractivity contribution >= 4 is 27.6 Å². The summed E-state index contributed by atoms with van der Waals surface area (Å²) in [6, 6.07) is 14.3. The maximum atomic E-state index is 13.9. The summed E-state index contributed by atoms with van der Waals surface area (Å²) in [7, 11) is -2.64. The van der Waals surface area contributed by atoms with E-state index in [0.29, 0.717) is 43.8 Å². The Morgan fingerprint density at radius 1 is 1.11 bits per heavy atom. The number of aromatic nitrogens is 1. The Labute approximate surface area is 256 Å². The molecule has 1 aromatic heterocycles. The van der Waals surface area contributed by atoms with Gasteiger partial charge in [-0.15, -0.1) is 0 Å². The van der Waals surface area contributed by atoms with Gasteiger partial charge in [0.15, 0.2) is 0 Å². The lowest BCUT2D eigenvalue weighted by Crippen LogP contribution is -2.60. The molecule has 13 heteroatoms. The average molecular weight is 622 g/mol. The van der Waals surface area contributed by atoms with Gasteiger partial charge in [0.1, 0.15) is 22.4 Å². The van der Waals surface area contributed by atoms with E-state index in [2.05, 4.69) is 15.6 Å². The molecule has 3 aliphatic heterocycles. The summed E-state index contributed by atoms with van der Waals surface area (Å²) >= 11 is 0. The highest BCUT2D eigenvalue weighted by atomic mass is 32.2. The number of nitrogens with zero attached hydrogens (tertiary/aromatic N) is 3. The molecule has 44 heavy (non-hydrogen) atoms. The number of aliphatic hydroxyl groups excluding tert-OH is 1. The van der Waals surface area contributed by atoms with Crippen LogP contribution in [0.4, 0.5) is 10.5 Å². The number of amides is 3. The molecular weight excluding hydrogens is 586 g/mol. The summed E-state index contributed by atoms with van der Waals surface area (Å²) in [6.45, 7) is 0.679. The fraction of sp³-hybridized carbons (Fsp3) is 0.387. The first-order chi connectivity index (χ1) is 21.2. The third-order valence-electron chi connectivity index (χ3n) is 8.62. The second-order valence-electron chi connectivity index (χ2n) is 11.4. The molecule has 6 rings (SSSR count). The monoisotopic (exact) mass is 621 g/mol. The minimum absolute atomic E-state index is 0.0137. The normalized spacial score (nSPS) is 23.0. The van der Waals surface area contributed by atoms with E-state index in [1.807, 2.05) is 6.07 Å². The van der Waals surface area contributed by atoms with Crippen LogP contribution in [0.1, 0.15) is 25.7 Å². The van der Waals surface area contributed by atoms with Crippen molar-refractivity contribution in [3.63, 3.8) is 0 Å². The van der Waals surface area contributed by atoms with Crippen LogP contribution in [-0.4, -0.2) is 90.7 Å². The lowest BCUT2D eigenvalue weighted by Gasteiger charge is -2.43. The van der Waals surface area contributed by atoms with Crippen LogP contribution >= 0.6 is 0 Å². The lowest BCUT2D eigenvalue weighted by molar-refractivity contribution is -0.127. The standard InChI is InChI=1S/C31H35N5O7S/c1-42-25-6-2-5-23(17-25)33-30(39)35-13-9-31(10-14-35)11-15-43-27-16-21(22-4-3-12-32-19-22)7-8-28(27)44(40,41)36-20-24(37)18-26(36)29(38)34-31/h2-8,12,16-17,19,24,26,37H,9-11,13-15,18,20H2,1H3,(H,33,39)(H,34,38)/t24-,26+/m1/s1. The first-order valence-corrected chi connectivity index (χ1v) is 16.0. The molecule has 3 aromatic rings. The van der Waals surface area contributed by atoms with Gasteiger partial charge in [0.2, 0.25) is 15.9 Å². The number of hydrogen-bond acceptors (Lipinski definition) is 8. The average Bonchev–Trinajstić information content (AvgIpc) is 3.44. The number of hydrogen-bond donors (Lipinski definition) is 3. The second-order valence-corrected chi connectivity index (χ2v) is 13.3. The van der Waals surface area contributed by atoms with Crippen molar-refractivity contribution in [2.75, 3.05) is 38.7 Å². The van der Waals surface area contributed by atoms with E-state index in [-0.39, 0.29) is 36.2 Å². The number of anilines is 1. The number of piperidine rings is 1. The van der Waals surface area contributed by atoms with Gasteiger partial charge in [0.05, 0.1) is 19.8 Å². The Morgan fingerprint density at radius 2 is 1.93 bits per heavy atom. The maximum Gasteiger partial charge on any atom is 0.321 e. The Balaban J connectivity index is 1.26. The summed E-state index contributed by atoms with van der Waals surface area (Å²) in [6.07, 6.45) is 3.63. The number of nitrogens with one attached hydrogen (secondary N) is 2. The number of methoxy groups -OCH3 is 1. The summed E-state index contributed by atoms with van der Waals surface area (Å²) in [4.78, 5) is 32.6. The van der Waals surface area contributed by atoms with E-state index in [1.165, 1.54) is 6.07 Å². The van der Waals surface area contributed by atoms with Crippen molar-refractivity contribution in [3.8, 4) is 22.6 Å². The van der Waals surface area contributed by atoms with Gasteiger partial charge in [-0.25, -0.2) is 13.2 Å². The molecule has 4 heterocycles. The number of benzene rings is 2. The van der Waals surface area contributed by atoms with Crippen LogP contribution in [0.15, 0.2) is 71.9 Å². The molecule has 2 fully saturated rings. The molecule has 2 atom stereocenters. The Morgan fingerprint density at radius 3 is 2.68 bits per heavy atom. The number of pyridine rings is 1. The zero-order valence-electron chi connectivity index (χ0n) is 24.3. The van der Waals surface area contributed by atoms with E-state index < -0.39 is 33.6 Å². The Bertz CT molecular complexity index is 1640. The van der Waals surface area contributed by atoms with Crippen LogP contribution in [0.5, 0.6) is 11.5 Å². The number of sulfonamides is 1. The molecule has 3 amide bonds. The topological polar surface area (TPSA) is 150 Å². The molecular formula is C31H35N5O7S. The zero-order valence-corrected chi connectivity index (χ0v) is 25.1. The number of likely N-dealkylation sites (tertiary alicyclic amines) is 1. The highest BCUT2D eigenvalue weighted by molar-refractivity contribution is 7.89. The van der Waals surface area contributed by atoms with E-state index in [4.69, 9.17) is 9.47 Å². The minimum atomic E-state index is -4.20. The third-order valence-corrected chi connectivity index (χ3v) is 10.5. The molecule has 0 bridgehead atoms. The van der Waals surface area contributed by atoms with E-state index in [0.717, 1.165) is 15.4 Å². The number of fused-ring (bicyclic) bond motifs is 2. The predicted octanol–water partition coefficient (Wildman–Crippen LogP) is 2.85. The molecule has 0 aliphatic carbocycles. The van der Waals surface area contributed by atoms with Crippen LogP contribution in [0.3, 0.4) is 0 Å². The van der Waals surface area contributed by atoms with Crippen molar-refractivity contribution < 1.29 is 32.6 Å². The zero-order chi connectivity index (χ0) is 30.9. The molecule has 12 nitrogen and oxygen atoms in total. The van der Waals surface area contributed by atoms with Crippen LogP contribution in [0.25, 0.3) is 11.1 Å². The van der Waals surface area contributed by atoms with Gasteiger partial charge in [-0.05, 0) is 48.7 Å². The smallest absolute Gasteiger partial charge is 0.321 e. The summed E-state index contributed by atoms with van der Waals surface area (Å²) in [5.41, 5.74) is 1.40. The molecule has 2 saturated heterocycles. The van der Waals surface area contributed by atoms with Crippen molar-refractivity contribution in [2.24, 2.45) is 0 Å². The Hall–Kier alpha value is -4.20. The van der Waals surface area contributed by atoms with Gasteiger partial charge < -0.3 is 30.1 Å². The molecule has 0 radical (unpaired) electrons. The molecule has 232 valence electrons. The number of carbonyl (C=O) groups is 2. The van der Waals surface area contributed by atoms with Gasteiger partial charge in [-0.2, -0.15) is 4.31 Å². The number of carbonyl (C=O) groups excluding carboxylic acids is 2. The van der Waals surface area contributed by atoms with E-state index in [1.54, 1.807) is 66.9 Å². The highest BCUT2D eigenvalue weighted by Gasteiger charge is 2.47. The number of rotatable bonds is 3. The summed E-state index contributed by atoms with van der Waals surface area (Å²) in [5.74, 6) is 0.337. The van der Waals surface area contributed by atoms with Gasteiger partial charge >= 0.3 is 6.03 Å². The van der Waals surface area contributed by atoms with E-state index in [9.17, 15) is 23.1 Å². The van der Waals surface area contributed by atoms with Gasteiger partial charge in [-0.3, -0.25) is 9.78 Å². The van der Waals surface area contributed by atoms with Gasteiger partial charge in [0.25, 0.3) is 0 Å².